The van der Waals surface area contributed by atoms with Crippen molar-refractivity contribution < 1.29 is 27.0 Å². The molecule has 1 aliphatic heterocycles. The van der Waals surface area contributed by atoms with Gasteiger partial charge in [-0.15, -0.1) is 0 Å². The van der Waals surface area contributed by atoms with Crippen LogP contribution in [0.1, 0.15) is 102 Å². The van der Waals surface area contributed by atoms with E-state index in [0.717, 1.165) is 19.3 Å². The lowest BCUT2D eigenvalue weighted by Gasteiger charge is -2.07. The summed E-state index contributed by atoms with van der Waals surface area (Å²) in [5.41, 5.74) is -0.0975. The molecule has 0 saturated carbocycles. The molecule has 1 aliphatic rings. The van der Waals surface area contributed by atoms with Gasteiger partial charge in [0.05, 0.1) is 28.9 Å². The van der Waals surface area contributed by atoms with Crippen molar-refractivity contribution in [3.8, 4) is 11.5 Å². The molecule has 0 radical (unpaired) electrons. The van der Waals surface area contributed by atoms with Crippen LogP contribution in [0.3, 0.4) is 0 Å². The zero-order valence-corrected chi connectivity index (χ0v) is 20.7. The second-order valence-corrected chi connectivity index (χ2v) is 10.5. The Balaban J connectivity index is 1.54. The van der Waals surface area contributed by atoms with Crippen molar-refractivity contribution in [2.45, 2.75) is 103 Å². The molecule has 0 aromatic heterocycles. The van der Waals surface area contributed by atoms with Gasteiger partial charge in [-0.25, -0.2) is 0 Å². The van der Waals surface area contributed by atoms with Gasteiger partial charge in [0, 0.05) is 0 Å². The Morgan fingerprint density at radius 1 is 0.848 bits per heavy atom. The summed E-state index contributed by atoms with van der Waals surface area (Å²) in [6, 6.07) is 2.64. The maximum atomic E-state index is 12.2. The summed E-state index contributed by atoms with van der Waals surface area (Å²) in [5, 5.41) is 11.3. The van der Waals surface area contributed by atoms with E-state index in [4.69, 9.17) is 13.7 Å². The van der Waals surface area contributed by atoms with E-state index in [-0.39, 0.29) is 29.5 Å². The molecule has 2 rings (SSSR count). The molecule has 0 saturated heterocycles. The molecule has 0 spiro atoms. The fourth-order valence-corrected chi connectivity index (χ4v) is 4.93. The second kappa shape index (κ2) is 15.1. The molecule has 0 unspecified atom stereocenters. The number of ether oxygens (including phenoxy) is 2. The normalized spacial score (nSPS) is 12.9. The van der Waals surface area contributed by atoms with Gasteiger partial charge in [-0.1, -0.05) is 90.4 Å². The highest BCUT2D eigenvalue weighted by Crippen LogP contribution is 2.38. The Morgan fingerprint density at radius 2 is 1.33 bits per heavy atom. The van der Waals surface area contributed by atoms with Crippen LogP contribution in [0, 0.1) is 10.1 Å². The van der Waals surface area contributed by atoms with Gasteiger partial charge in [-0.05, 0) is 12.5 Å². The summed E-state index contributed by atoms with van der Waals surface area (Å²) >= 11 is 0. The maximum absolute atomic E-state index is 12.2. The van der Waals surface area contributed by atoms with Crippen molar-refractivity contribution in [2.75, 3.05) is 12.5 Å². The maximum Gasteiger partial charge on any atom is 0.278 e. The van der Waals surface area contributed by atoms with E-state index in [9.17, 15) is 18.5 Å². The zero-order valence-electron chi connectivity index (χ0n) is 19.9. The third-order valence-electron chi connectivity index (χ3n) is 5.91. The predicted molar refractivity (Wildman–Crippen MR) is 128 cm³/mol. The van der Waals surface area contributed by atoms with E-state index in [1.165, 1.54) is 76.3 Å². The Labute approximate surface area is 198 Å². The van der Waals surface area contributed by atoms with Gasteiger partial charge in [0.1, 0.15) is 0 Å². The first-order chi connectivity index (χ1) is 15.9. The average molecular weight is 486 g/mol. The fraction of sp³-hybridized carbons (Fsp3) is 0.750. The lowest BCUT2D eigenvalue weighted by atomic mass is 10.0. The van der Waals surface area contributed by atoms with Crippen LogP contribution < -0.4 is 9.47 Å². The Bertz CT molecular complexity index is 826. The minimum atomic E-state index is -3.75. The molecule has 0 atom stereocenters. The van der Waals surface area contributed by atoms with Gasteiger partial charge >= 0.3 is 0 Å². The van der Waals surface area contributed by atoms with Gasteiger partial charge in [0.15, 0.2) is 11.5 Å². The number of benzene rings is 1. The van der Waals surface area contributed by atoms with Crippen molar-refractivity contribution in [1.82, 2.24) is 0 Å². The molecule has 0 bridgehead atoms. The van der Waals surface area contributed by atoms with Crippen LogP contribution in [-0.2, 0) is 20.9 Å². The quantitative estimate of drug-likeness (QED) is 0.0934. The van der Waals surface area contributed by atoms with Crippen molar-refractivity contribution in [1.29, 1.82) is 0 Å². The Morgan fingerprint density at radius 3 is 1.85 bits per heavy atom. The number of hydrogen-bond acceptors (Lipinski definition) is 7. The molecule has 8 nitrogen and oxygen atoms in total. The van der Waals surface area contributed by atoms with Gasteiger partial charge in [0.25, 0.3) is 15.8 Å². The zero-order chi connectivity index (χ0) is 23.9. The van der Waals surface area contributed by atoms with Crippen molar-refractivity contribution in [2.24, 2.45) is 0 Å². The highest BCUT2D eigenvalue weighted by atomic mass is 32.2. The summed E-state index contributed by atoms with van der Waals surface area (Å²) in [7, 11) is -3.75. The Hall–Kier alpha value is -1.87. The van der Waals surface area contributed by atoms with E-state index in [1.807, 2.05) is 0 Å². The topological polar surface area (TPSA) is 105 Å². The minimum Gasteiger partial charge on any atom is -0.454 e. The first-order valence-electron chi connectivity index (χ1n) is 12.4. The summed E-state index contributed by atoms with van der Waals surface area (Å²) in [6.45, 7) is 1.83. The third-order valence-corrected chi connectivity index (χ3v) is 7.18. The number of nitro benzene ring substituents is 1. The van der Waals surface area contributed by atoms with Gasteiger partial charge < -0.3 is 9.47 Å². The number of rotatable bonds is 19. The van der Waals surface area contributed by atoms with Crippen LogP contribution in [0.15, 0.2) is 12.1 Å². The van der Waals surface area contributed by atoms with Gasteiger partial charge in [-0.2, -0.15) is 8.42 Å². The fourth-order valence-electron chi connectivity index (χ4n) is 3.94. The summed E-state index contributed by atoms with van der Waals surface area (Å²) in [5.74, 6) is 0.544. The first-order valence-corrected chi connectivity index (χ1v) is 13.9. The number of hydrogen-bond donors (Lipinski definition) is 0. The lowest BCUT2D eigenvalue weighted by molar-refractivity contribution is -0.385. The molecule has 188 valence electrons. The SMILES string of the molecule is CCCCCCCCCCCCCCCCS(=O)(=O)OCc1cc2c(cc1[N+](=O)[O-])OCO2. The van der Waals surface area contributed by atoms with Crippen molar-refractivity contribution in [3.05, 3.63) is 27.8 Å². The molecule has 1 heterocycles. The summed E-state index contributed by atoms with van der Waals surface area (Å²) < 4.78 is 39.8. The first kappa shape index (κ1) is 27.4. The predicted octanol–water partition coefficient (Wildman–Crippen LogP) is 6.65. The highest BCUT2D eigenvalue weighted by Gasteiger charge is 2.24. The molecule has 1 aromatic rings. The molecule has 0 N–H and O–H groups in total. The van der Waals surface area contributed by atoms with Crippen LogP contribution >= 0.6 is 0 Å². The van der Waals surface area contributed by atoms with E-state index >= 15 is 0 Å². The number of unbranched alkanes of at least 4 members (excludes halogenated alkanes) is 13. The average Bonchev–Trinajstić information content (AvgIpc) is 3.25. The number of nitro groups is 1. The van der Waals surface area contributed by atoms with Crippen LogP contribution in [0.4, 0.5) is 5.69 Å². The van der Waals surface area contributed by atoms with Gasteiger partial charge in [-0.3, -0.25) is 14.3 Å². The third kappa shape index (κ3) is 10.7. The molecule has 1 aromatic carbocycles. The van der Waals surface area contributed by atoms with E-state index in [2.05, 4.69) is 6.92 Å². The van der Waals surface area contributed by atoms with E-state index in [0.29, 0.717) is 12.2 Å². The Kier molecular flexibility index (Phi) is 12.5. The standard InChI is InChI=1S/C24H39NO7S/c1-2-3-4-5-6-7-8-9-10-11-12-13-14-15-16-33(28,29)32-19-21-17-23-24(31-20-30-23)18-22(21)25(26)27/h17-18H,2-16,19-20H2,1H3. The molecular formula is C24H39NO7S. The minimum absolute atomic E-state index is 0.0196. The van der Waals surface area contributed by atoms with Gasteiger partial charge in [0.2, 0.25) is 6.79 Å². The monoisotopic (exact) mass is 485 g/mol. The van der Waals surface area contributed by atoms with Crippen LogP contribution in [0.2, 0.25) is 0 Å². The molecule has 9 heteroatoms. The second-order valence-electron chi connectivity index (χ2n) is 8.71. The van der Waals surface area contributed by atoms with E-state index < -0.39 is 21.6 Å². The largest absolute Gasteiger partial charge is 0.454 e. The van der Waals surface area contributed by atoms with E-state index in [1.54, 1.807) is 0 Å². The van der Waals surface area contributed by atoms with Crippen LogP contribution in [-0.4, -0.2) is 25.9 Å². The summed E-state index contributed by atoms with van der Waals surface area (Å²) in [6.07, 6.45) is 16.7. The molecule has 0 aliphatic carbocycles. The number of fused-ring (bicyclic) bond motifs is 1. The van der Waals surface area contributed by atoms with Crippen molar-refractivity contribution >= 4 is 15.8 Å². The lowest BCUT2D eigenvalue weighted by Crippen LogP contribution is -2.11. The highest BCUT2D eigenvalue weighted by molar-refractivity contribution is 7.86. The molecule has 0 fully saturated rings. The molecule has 0 amide bonds. The van der Waals surface area contributed by atoms with Crippen LogP contribution in [0.5, 0.6) is 11.5 Å². The van der Waals surface area contributed by atoms with Crippen LogP contribution in [0.25, 0.3) is 0 Å². The summed E-state index contributed by atoms with van der Waals surface area (Å²) in [4.78, 5) is 10.7. The number of nitrogens with zero attached hydrogens (tertiary/aromatic N) is 1. The smallest absolute Gasteiger partial charge is 0.278 e. The molecule has 33 heavy (non-hydrogen) atoms. The molecular weight excluding hydrogens is 446 g/mol. The van der Waals surface area contributed by atoms with Crippen molar-refractivity contribution in [3.63, 3.8) is 0 Å².